The average Bonchev–Trinajstić information content (AvgIpc) is 2.44. The maximum atomic E-state index is 12.0. The predicted molar refractivity (Wildman–Crippen MR) is 95.1 cm³/mol. The minimum absolute atomic E-state index is 0.0137. The van der Waals surface area contributed by atoms with E-state index >= 15 is 0 Å². The van der Waals surface area contributed by atoms with E-state index in [4.69, 9.17) is 5.11 Å². The number of allylic oxidation sites excluding steroid dienone is 2. The van der Waals surface area contributed by atoms with Gasteiger partial charge in [0.2, 0.25) is 0 Å². The minimum Gasteiger partial charge on any atom is -0.481 e. The molecule has 0 amide bonds. The molecule has 0 aromatic carbocycles. The van der Waals surface area contributed by atoms with Crippen molar-refractivity contribution in [2.45, 2.75) is 65.4 Å². The second-order valence-corrected chi connectivity index (χ2v) is 8.46. The van der Waals surface area contributed by atoms with E-state index < -0.39 is 23.5 Å². The van der Waals surface area contributed by atoms with E-state index in [9.17, 15) is 19.8 Å². The first-order chi connectivity index (χ1) is 11.5. The van der Waals surface area contributed by atoms with Crippen LogP contribution < -0.4 is 0 Å². The van der Waals surface area contributed by atoms with Gasteiger partial charge < -0.3 is 15.3 Å². The van der Waals surface area contributed by atoms with Crippen LogP contribution in [0, 0.1) is 22.7 Å². The molecule has 140 valence electrons. The van der Waals surface area contributed by atoms with Gasteiger partial charge in [0.15, 0.2) is 0 Å². The zero-order chi connectivity index (χ0) is 19.0. The number of rotatable bonds is 5. The van der Waals surface area contributed by atoms with Crippen molar-refractivity contribution in [2.24, 2.45) is 22.7 Å². The van der Waals surface area contributed by atoms with Gasteiger partial charge in [0.25, 0.3) is 0 Å². The van der Waals surface area contributed by atoms with Crippen molar-refractivity contribution in [1.29, 1.82) is 0 Å². The van der Waals surface area contributed by atoms with Gasteiger partial charge in [-0.3, -0.25) is 4.79 Å². The van der Waals surface area contributed by atoms with E-state index in [1.54, 1.807) is 13.8 Å². The smallest absolute Gasteiger partial charge is 0.328 e. The van der Waals surface area contributed by atoms with Gasteiger partial charge >= 0.3 is 11.9 Å². The molecule has 5 atom stereocenters. The van der Waals surface area contributed by atoms with E-state index in [0.29, 0.717) is 19.3 Å². The molecule has 25 heavy (non-hydrogen) atoms. The molecule has 2 fully saturated rings. The molecule has 0 aromatic rings. The predicted octanol–water partition coefficient (Wildman–Crippen LogP) is 3.63. The molecule has 5 heteroatoms. The molecule has 0 radical (unpaired) electrons. The number of hydrogen-bond acceptors (Lipinski definition) is 3. The highest BCUT2D eigenvalue weighted by Crippen LogP contribution is 2.62. The fraction of sp³-hybridized carbons (Fsp3) is 0.700. The van der Waals surface area contributed by atoms with Crippen LogP contribution in [0.4, 0.5) is 0 Å². The maximum absolute atomic E-state index is 12.0. The van der Waals surface area contributed by atoms with Crippen LogP contribution >= 0.6 is 0 Å². The molecule has 3 N–H and O–H groups in total. The summed E-state index contributed by atoms with van der Waals surface area (Å²) in [6.45, 7) is 9.88. The van der Waals surface area contributed by atoms with Crippen molar-refractivity contribution in [3.05, 3.63) is 23.8 Å². The lowest BCUT2D eigenvalue weighted by molar-refractivity contribution is -0.173. The number of carboxylic acids is 2. The quantitative estimate of drug-likeness (QED) is 0.520. The molecule has 0 aliphatic heterocycles. The Morgan fingerprint density at radius 1 is 1.28 bits per heavy atom. The second-order valence-electron chi connectivity index (χ2n) is 8.46. The third-order valence-electron chi connectivity index (χ3n) is 6.63. The van der Waals surface area contributed by atoms with Gasteiger partial charge in [-0.05, 0) is 69.6 Å². The lowest BCUT2D eigenvalue weighted by Gasteiger charge is -2.58. The molecule has 0 bridgehead atoms. The normalized spacial score (nSPS) is 39.0. The van der Waals surface area contributed by atoms with E-state index in [0.717, 1.165) is 30.4 Å². The van der Waals surface area contributed by atoms with Crippen LogP contribution in [-0.2, 0) is 9.59 Å². The third kappa shape index (κ3) is 3.66. The molecule has 2 rings (SSSR count). The molecule has 0 aromatic heterocycles. The minimum atomic E-state index is -0.949. The second kappa shape index (κ2) is 6.94. The largest absolute Gasteiger partial charge is 0.481 e. The summed E-state index contributed by atoms with van der Waals surface area (Å²) in [5, 5.41) is 29.1. The zero-order valence-electron chi connectivity index (χ0n) is 15.4. The Kier molecular flexibility index (Phi) is 5.47. The number of fused-ring (bicyclic) bond motifs is 1. The zero-order valence-corrected chi connectivity index (χ0v) is 15.4. The first-order valence-corrected chi connectivity index (χ1v) is 9.00. The van der Waals surface area contributed by atoms with Gasteiger partial charge in [-0.1, -0.05) is 24.6 Å². The monoisotopic (exact) mass is 350 g/mol. The van der Waals surface area contributed by atoms with Crippen molar-refractivity contribution in [2.75, 3.05) is 0 Å². The summed E-state index contributed by atoms with van der Waals surface area (Å²) >= 11 is 0. The van der Waals surface area contributed by atoms with Crippen molar-refractivity contribution in [3.8, 4) is 0 Å². The maximum Gasteiger partial charge on any atom is 0.328 e. The van der Waals surface area contributed by atoms with Crippen LogP contribution in [0.15, 0.2) is 23.8 Å². The van der Waals surface area contributed by atoms with Crippen LogP contribution in [0.1, 0.15) is 59.3 Å². The molecule has 2 saturated carbocycles. The van der Waals surface area contributed by atoms with Gasteiger partial charge in [0, 0.05) is 6.08 Å². The Bertz CT molecular complexity index is 607. The van der Waals surface area contributed by atoms with E-state index in [1.807, 2.05) is 0 Å². The fourth-order valence-electron chi connectivity index (χ4n) is 5.51. The number of aliphatic carboxylic acids is 2. The van der Waals surface area contributed by atoms with Crippen LogP contribution in [0.25, 0.3) is 0 Å². The fourth-order valence-corrected chi connectivity index (χ4v) is 5.51. The number of hydrogen-bond donors (Lipinski definition) is 3. The average molecular weight is 350 g/mol. The van der Waals surface area contributed by atoms with E-state index in [2.05, 4.69) is 13.5 Å². The summed E-state index contributed by atoms with van der Waals surface area (Å²) in [5.41, 5.74) is 0.633. The first kappa shape index (κ1) is 19.7. The van der Waals surface area contributed by atoms with Gasteiger partial charge in [-0.2, -0.15) is 0 Å². The Morgan fingerprint density at radius 2 is 1.92 bits per heavy atom. The molecule has 2 aliphatic rings. The molecule has 5 nitrogen and oxygen atoms in total. The van der Waals surface area contributed by atoms with Crippen molar-refractivity contribution in [3.63, 3.8) is 0 Å². The SMILES string of the molecule is C=C1CCC2C(C)(C(=O)O)CC(O)CC2(C)C1CC/C(C)=C/C(=O)O. The number of aliphatic hydroxyl groups excluding tert-OH is 1. The molecule has 5 unspecified atom stereocenters. The summed E-state index contributed by atoms with van der Waals surface area (Å²) in [6, 6.07) is 0. The van der Waals surface area contributed by atoms with Crippen LogP contribution in [0.3, 0.4) is 0 Å². The summed E-state index contributed by atoms with van der Waals surface area (Å²) in [6.07, 6.45) is 4.42. The van der Waals surface area contributed by atoms with Gasteiger partial charge in [-0.25, -0.2) is 4.79 Å². The first-order valence-electron chi connectivity index (χ1n) is 9.00. The molecule has 0 heterocycles. The van der Waals surface area contributed by atoms with Crippen molar-refractivity contribution in [1.82, 2.24) is 0 Å². The highest BCUT2D eigenvalue weighted by molar-refractivity contribution is 5.80. The van der Waals surface area contributed by atoms with Gasteiger partial charge in [-0.15, -0.1) is 0 Å². The molecular weight excluding hydrogens is 320 g/mol. The standard InChI is InChI=1S/C20H30O5/c1-12(9-17(22)23)5-7-15-13(2)6-8-16-19(15,3)10-14(21)11-20(16,4)18(24)25/h9,14-16,21H,2,5-8,10-11H2,1,3-4H3,(H,22,23)(H,24,25)/b12-9+. The number of carboxylic acid groups (broad SMARTS) is 2. The van der Waals surface area contributed by atoms with Gasteiger partial charge in [0.05, 0.1) is 11.5 Å². The lowest BCUT2D eigenvalue weighted by Crippen LogP contribution is -2.56. The molecule has 0 spiro atoms. The van der Waals surface area contributed by atoms with Crippen LogP contribution in [-0.4, -0.2) is 33.4 Å². The Morgan fingerprint density at radius 3 is 2.48 bits per heavy atom. The Balaban J connectivity index is 2.31. The highest BCUT2D eigenvalue weighted by atomic mass is 16.4. The van der Waals surface area contributed by atoms with Crippen molar-refractivity contribution >= 4 is 11.9 Å². The Labute approximate surface area is 149 Å². The highest BCUT2D eigenvalue weighted by Gasteiger charge is 2.59. The molecule has 2 aliphatic carbocycles. The molecular formula is C20H30O5. The lowest BCUT2D eigenvalue weighted by atomic mass is 9.46. The number of aliphatic hydroxyl groups is 1. The summed E-state index contributed by atoms with van der Waals surface area (Å²) in [4.78, 5) is 22.8. The summed E-state index contributed by atoms with van der Waals surface area (Å²) in [5.74, 6) is -1.71. The Hall–Kier alpha value is -1.62. The summed E-state index contributed by atoms with van der Waals surface area (Å²) in [7, 11) is 0. The van der Waals surface area contributed by atoms with E-state index in [-0.39, 0.29) is 17.3 Å². The molecule has 0 saturated heterocycles. The van der Waals surface area contributed by atoms with Crippen LogP contribution in [0.2, 0.25) is 0 Å². The summed E-state index contributed by atoms with van der Waals surface area (Å²) < 4.78 is 0. The van der Waals surface area contributed by atoms with Gasteiger partial charge in [0.1, 0.15) is 0 Å². The van der Waals surface area contributed by atoms with E-state index in [1.165, 1.54) is 6.08 Å². The third-order valence-corrected chi connectivity index (χ3v) is 6.63. The number of carbonyl (C=O) groups is 2. The van der Waals surface area contributed by atoms with Crippen molar-refractivity contribution < 1.29 is 24.9 Å². The van der Waals surface area contributed by atoms with Crippen LogP contribution in [0.5, 0.6) is 0 Å². The topological polar surface area (TPSA) is 94.8 Å².